The number of rotatable bonds is 7. The van der Waals surface area contributed by atoms with Gasteiger partial charge in [-0.2, -0.15) is 0 Å². The van der Waals surface area contributed by atoms with Crippen molar-refractivity contribution in [3.63, 3.8) is 0 Å². The first kappa shape index (κ1) is 22.4. The van der Waals surface area contributed by atoms with Gasteiger partial charge in [-0.15, -0.1) is 0 Å². The summed E-state index contributed by atoms with van der Waals surface area (Å²) in [6.45, 7) is 0. The smallest absolute Gasteiger partial charge is 0.312 e. The monoisotopic (exact) mass is 448 g/mol. The Bertz CT molecular complexity index is 1200. The summed E-state index contributed by atoms with van der Waals surface area (Å²) in [7, 11) is 0. The van der Waals surface area contributed by atoms with E-state index in [0.717, 1.165) is 0 Å². The third-order valence-corrected chi connectivity index (χ3v) is 4.78. The highest BCUT2D eigenvalue weighted by atomic mass is 16.7. The minimum Gasteiger partial charge on any atom is -0.312 e. The molecule has 0 bridgehead atoms. The molecule has 0 aliphatic carbocycles. The minimum absolute atomic E-state index is 0.233. The summed E-state index contributed by atoms with van der Waals surface area (Å²) < 4.78 is 0. The van der Waals surface area contributed by atoms with E-state index in [1.165, 1.54) is 0 Å². The van der Waals surface area contributed by atoms with Crippen molar-refractivity contribution in [3.8, 4) is 0 Å². The number of hydrogen-bond acceptors (Lipinski definition) is 6. The zero-order chi connectivity index (χ0) is 23.6. The SMILES string of the molecule is O=C(ON=C(C(=NOC(=O)c1ccccc1)c1ccccc1)c1ccccc1)c1ccccc1. The van der Waals surface area contributed by atoms with Crippen molar-refractivity contribution in [2.75, 3.05) is 0 Å². The van der Waals surface area contributed by atoms with Crippen molar-refractivity contribution < 1.29 is 19.3 Å². The summed E-state index contributed by atoms with van der Waals surface area (Å²) in [4.78, 5) is 35.6. The third-order valence-electron chi connectivity index (χ3n) is 4.78. The van der Waals surface area contributed by atoms with Gasteiger partial charge >= 0.3 is 11.9 Å². The lowest BCUT2D eigenvalue weighted by Gasteiger charge is -2.10. The fraction of sp³-hybridized carbons (Fsp3) is 0. The average molecular weight is 448 g/mol. The first-order valence-electron chi connectivity index (χ1n) is 10.5. The van der Waals surface area contributed by atoms with Crippen LogP contribution in [0.1, 0.15) is 31.8 Å². The fourth-order valence-corrected chi connectivity index (χ4v) is 3.09. The van der Waals surface area contributed by atoms with Crippen LogP contribution < -0.4 is 0 Å². The second-order valence-corrected chi connectivity index (χ2v) is 7.10. The second-order valence-electron chi connectivity index (χ2n) is 7.10. The Morgan fingerprint density at radius 2 is 0.676 bits per heavy atom. The molecule has 0 fully saturated rings. The van der Waals surface area contributed by atoms with E-state index in [1.54, 1.807) is 84.9 Å². The molecule has 0 amide bonds. The normalized spacial score (nSPS) is 11.5. The maximum absolute atomic E-state index is 12.5. The van der Waals surface area contributed by atoms with Crippen LogP contribution >= 0.6 is 0 Å². The van der Waals surface area contributed by atoms with Gasteiger partial charge in [0.25, 0.3) is 0 Å². The van der Waals surface area contributed by atoms with E-state index in [2.05, 4.69) is 10.3 Å². The molecule has 4 aromatic carbocycles. The molecule has 0 radical (unpaired) electrons. The molecule has 0 saturated heterocycles. The molecule has 6 nitrogen and oxygen atoms in total. The van der Waals surface area contributed by atoms with Crippen LogP contribution in [0.3, 0.4) is 0 Å². The summed E-state index contributed by atoms with van der Waals surface area (Å²) in [5.74, 6) is -1.24. The molecule has 0 spiro atoms. The summed E-state index contributed by atoms with van der Waals surface area (Å²) in [6, 6.07) is 35.3. The third kappa shape index (κ3) is 5.69. The average Bonchev–Trinajstić information content (AvgIpc) is 2.92. The van der Waals surface area contributed by atoms with Crippen molar-refractivity contribution in [2.24, 2.45) is 10.3 Å². The predicted molar refractivity (Wildman–Crippen MR) is 130 cm³/mol. The van der Waals surface area contributed by atoms with Gasteiger partial charge in [0.1, 0.15) is 11.4 Å². The Hall–Kier alpha value is -4.84. The van der Waals surface area contributed by atoms with E-state index in [4.69, 9.17) is 9.68 Å². The van der Waals surface area contributed by atoms with Gasteiger partial charge in [-0.3, -0.25) is 0 Å². The number of carbonyl (C=O) groups excluding carboxylic acids is 2. The molecule has 0 N–H and O–H groups in total. The van der Waals surface area contributed by atoms with Crippen molar-refractivity contribution in [1.29, 1.82) is 0 Å². The number of carbonyl (C=O) groups is 2. The predicted octanol–water partition coefficient (Wildman–Crippen LogP) is 5.51. The van der Waals surface area contributed by atoms with Gasteiger partial charge in [-0.05, 0) is 24.3 Å². The van der Waals surface area contributed by atoms with E-state index < -0.39 is 11.9 Å². The van der Waals surface area contributed by atoms with Crippen LogP contribution in [0.5, 0.6) is 0 Å². The lowest BCUT2D eigenvalue weighted by molar-refractivity contribution is 0.0503. The van der Waals surface area contributed by atoms with Crippen LogP contribution in [0, 0.1) is 0 Å². The molecule has 34 heavy (non-hydrogen) atoms. The maximum Gasteiger partial charge on any atom is 0.365 e. The Kier molecular flexibility index (Phi) is 7.33. The van der Waals surface area contributed by atoms with Crippen molar-refractivity contribution in [3.05, 3.63) is 144 Å². The first-order valence-corrected chi connectivity index (χ1v) is 10.5. The maximum atomic E-state index is 12.5. The lowest BCUT2D eigenvalue weighted by Crippen LogP contribution is -2.20. The largest absolute Gasteiger partial charge is 0.365 e. The molecule has 6 heteroatoms. The molecule has 0 atom stereocenters. The van der Waals surface area contributed by atoms with Crippen molar-refractivity contribution >= 4 is 23.4 Å². The van der Waals surface area contributed by atoms with Gasteiger partial charge < -0.3 is 9.68 Å². The summed E-state index contributed by atoms with van der Waals surface area (Å²) in [5, 5.41) is 8.29. The number of hydrogen-bond donors (Lipinski definition) is 0. The van der Waals surface area contributed by atoms with Crippen LogP contribution in [-0.2, 0) is 9.68 Å². The van der Waals surface area contributed by atoms with Gasteiger partial charge in [0.2, 0.25) is 0 Å². The van der Waals surface area contributed by atoms with Gasteiger partial charge in [0.15, 0.2) is 0 Å². The minimum atomic E-state index is -0.622. The summed E-state index contributed by atoms with van der Waals surface area (Å²) in [5.41, 5.74) is 2.43. The van der Waals surface area contributed by atoms with E-state index in [9.17, 15) is 9.59 Å². The van der Waals surface area contributed by atoms with Crippen LogP contribution in [0.2, 0.25) is 0 Å². The molecular weight excluding hydrogens is 428 g/mol. The van der Waals surface area contributed by atoms with Crippen LogP contribution in [0.15, 0.2) is 132 Å². The Labute approximate surface area is 196 Å². The molecule has 0 aliphatic rings. The molecule has 0 aromatic heterocycles. The van der Waals surface area contributed by atoms with E-state index in [-0.39, 0.29) is 11.4 Å². The Morgan fingerprint density at radius 1 is 0.412 bits per heavy atom. The van der Waals surface area contributed by atoms with Crippen molar-refractivity contribution in [1.82, 2.24) is 0 Å². The van der Waals surface area contributed by atoms with E-state index >= 15 is 0 Å². The van der Waals surface area contributed by atoms with Crippen LogP contribution in [-0.4, -0.2) is 23.4 Å². The Morgan fingerprint density at radius 3 is 0.971 bits per heavy atom. The summed E-state index contributed by atoms with van der Waals surface area (Å²) in [6.07, 6.45) is 0. The molecule has 0 aliphatic heterocycles. The first-order chi connectivity index (χ1) is 16.7. The van der Waals surface area contributed by atoms with E-state index in [1.807, 2.05) is 36.4 Å². The number of benzene rings is 4. The highest BCUT2D eigenvalue weighted by Gasteiger charge is 2.19. The van der Waals surface area contributed by atoms with Crippen LogP contribution in [0.4, 0.5) is 0 Å². The highest BCUT2D eigenvalue weighted by molar-refractivity contribution is 6.53. The van der Waals surface area contributed by atoms with Crippen molar-refractivity contribution in [2.45, 2.75) is 0 Å². The Balaban J connectivity index is 1.73. The number of nitrogens with zero attached hydrogens (tertiary/aromatic N) is 2. The van der Waals surface area contributed by atoms with Gasteiger partial charge in [-0.1, -0.05) is 107 Å². The number of oxime groups is 2. The molecule has 0 saturated carbocycles. The van der Waals surface area contributed by atoms with Gasteiger partial charge in [0, 0.05) is 11.1 Å². The standard InChI is InChI=1S/C28H20N2O4/c31-27(23-17-9-3-10-18-23)33-29-25(21-13-5-1-6-14-21)26(22-15-7-2-8-16-22)30-34-28(32)24-19-11-4-12-20-24/h1-20H. The lowest BCUT2D eigenvalue weighted by atomic mass is 10.00. The molecule has 0 heterocycles. The summed E-state index contributed by atoms with van der Waals surface area (Å²) >= 11 is 0. The van der Waals surface area contributed by atoms with Gasteiger partial charge in [0.05, 0.1) is 11.1 Å². The van der Waals surface area contributed by atoms with E-state index in [0.29, 0.717) is 22.3 Å². The topological polar surface area (TPSA) is 77.3 Å². The zero-order valence-electron chi connectivity index (χ0n) is 18.1. The molecular formula is C28H20N2O4. The molecule has 166 valence electrons. The van der Waals surface area contributed by atoms with Gasteiger partial charge in [-0.25, -0.2) is 9.59 Å². The molecule has 0 unspecified atom stereocenters. The second kappa shape index (κ2) is 11.2. The highest BCUT2D eigenvalue weighted by Crippen LogP contribution is 2.13. The van der Waals surface area contributed by atoms with Crippen LogP contribution in [0.25, 0.3) is 0 Å². The quantitative estimate of drug-likeness (QED) is 0.212. The zero-order valence-corrected chi connectivity index (χ0v) is 18.1. The molecule has 4 rings (SSSR count). The fourth-order valence-electron chi connectivity index (χ4n) is 3.09. The molecule has 4 aromatic rings.